The first-order valence-corrected chi connectivity index (χ1v) is 10.3. The van der Waals surface area contributed by atoms with Gasteiger partial charge in [-0.25, -0.2) is 13.6 Å². The molecule has 1 saturated carbocycles. The largest absolute Gasteiger partial charge is 0.451 e. The molecule has 2 fully saturated rings. The van der Waals surface area contributed by atoms with Crippen LogP contribution in [0.4, 0.5) is 19.3 Å². The van der Waals surface area contributed by atoms with Crippen LogP contribution in [0.15, 0.2) is 18.2 Å². The minimum absolute atomic E-state index is 0.477. The van der Waals surface area contributed by atoms with Crippen molar-refractivity contribution in [2.24, 2.45) is 5.92 Å². The van der Waals surface area contributed by atoms with Gasteiger partial charge < -0.3 is 15.4 Å². The highest BCUT2D eigenvalue weighted by Gasteiger charge is 2.52. The Bertz CT molecular complexity index is 879. The maximum Gasteiger partial charge on any atom is 0.327 e. The summed E-state index contributed by atoms with van der Waals surface area (Å²) in [4.78, 5) is 50.3. The second-order valence-corrected chi connectivity index (χ2v) is 7.97. The molecule has 1 spiro atoms. The van der Waals surface area contributed by atoms with Gasteiger partial charge in [-0.05, 0) is 50.7 Å². The number of imide groups is 1. The highest BCUT2D eigenvalue weighted by Crippen LogP contribution is 2.37. The van der Waals surface area contributed by atoms with Gasteiger partial charge in [-0.15, -0.1) is 0 Å². The number of amides is 4. The van der Waals surface area contributed by atoms with Gasteiger partial charge in [-0.2, -0.15) is 0 Å². The first-order chi connectivity index (χ1) is 14.7. The molecule has 1 saturated heterocycles. The molecule has 3 rings (SSSR count). The second kappa shape index (κ2) is 8.99. The normalized spacial score (nSPS) is 24.1. The number of urea groups is 1. The number of para-hydroxylation sites is 1. The molecule has 31 heavy (non-hydrogen) atoms. The number of esters is 1. The van der Waals surface area contributed by atoms with Crippen LogP contribution in [0.3, 0.4) is 0 Å². The van der Waals surface area contributed by atoms with Gasteiger partial charge in [0.25, 0.3) is 11.8 Å². The molecule has 1 heterocycles. The van der Waals surface area contributed by atoms with Gasteiger partial charge in [-0.1, -0.05) is 19.4 Å². The minimum Gasteiger partial charge on any atom is -0.451 e. The van der Waals surface area contributed by atoms with Crippen molar-refractivity contribution in [1.29, 1.82) is 0 Å². The number of carbonyl (C=O) groups is 4. The van der Waals surface area contributed by atoms with Crippen LogP contribution in [0.5, 0.6) is 0 Å². The number of nitrogens with zero attached hydrogens (tertiary/aromatic N) is 1. The van der Waals surface area contributed by atoms with Gasteiger partial charge in [0.1, 0.15) is 29.4 Å². The first-order valence-electron chi connectivity index (χ1n) is 10.3. The highest BCUT2D eigenvalue weighted by molar-refractivity contribution is 6.08. The average molecular weight is 437 g/mol. The number of rotatable bonds is 6. The minimum atomic E-state index is -1.40. The summed E-state index contributed by atoms with van der Waals surface area (Å²) in [6.45, 7) is 2.64. The van der Waals surface area contributed by atoms with Crippen LogP contribution in [0.2, 0.25) is 0 Å². The Morgan fingerprint density at radius 3 is 2.45 bits per heavy atom. The van der Waals surface area contributed by atoms with E-state index in [9.17, 15) is 28.0 Å². The molecule has 0 radical (unpaired) electrons. The van der Waals surface area contributed by atoms with E-state index < -0.39 is 59.3 Å². The average Bonchev–Trinajstić information content (AvgIpc) is 2.95. The van der Waals surface area contributed by atoms with Crippen LogP contribution < -0.4 is 10.6 Å². The van der Waals surface area contributed by atoms with E-state index in [1.165, 1.54) is 6.92 Å². The molecule has 1 aromatic rings. The van der Waals surface area contributed by atoms with E-state index in [4.69, 9.17) is 4.74 Å². The maximum absolute atomic E-state index is 13.7. The number of nitrogens with one attached hydrogen (secondary N) is 2. The monoisotopic (exact) mass is 437 g/mol. The van der Waals surface area contributed by atoms with E-state index >= 15 is 0 Å². The molecule has 4 amide bonds. The Labute approximate surface area is 178 Å². The molecule has 10 heteroatoms. The molecule has 8 nitrogen and oxygen atoms in total. The van der Waals surface area contributed by atoms with E-state index in [1.807, 2.05) is 5.32 Å². The third-order valence-corrected chi connectivity index (χ3v) is 5.96. The summed E-state index contributed by atoms with van der Waals surface area (Å²) in [7, 11) is 0. The van der Waals surface area contributed by atoms with E-state index in [0.717, 1.165) is 42.4 Å². The Kier molecular flexibility index (Phi) is 6.56. The molecule has 0 bridgehead atoms. The fourth-order valence-corrected chi connectivity index (χ4v) is 4.00. The Morgan fingerprint density at radius 2 is 1.87 bits per heavy atom. The number of ether oxygens (including phenoxy) is 1. The van der Waals surface area contributed by atoms with Gasteiger partial charge in [0.2, 0.25) is 0 Å². The highest BCUT2D eigenvalue weighted by atomic mass is 19.1. The lowest BCUT2D eigenvalue weighted by Gasteiger charge is -2.34. The number of benzene rings is 1. The number of hydrogen-bond acceptors (Lipinski definition) is 5. The zero-order valence-corrected chi connectivity index (χ0v) is 17.4. The van der Waals surface area contributed by atoms with Crippen molar-refractivity contribution in [1.82, 2.24) is 10.2 Å². The molecular weight excluding hydrogens is 412 g/mol. The molecule has 2 N–H and O–H groups in total. The summed E-state index contributed by atoms with van der Waals surface area (Å²) in [5.74, 6) is -3.87. The molecule has 1 aromatic carbocycles. The van der Waals surface area contributed by atoms with Gasteiger partial charge in [0, 0.05) is 0 Å². The fraction of sp³-hybridized carbons (Fsp3) is 0.524. The van der Waals surface area contributed by atoms with Gasteiger partial charge in [0.15, 0.2) is 6.10 Å². The van der Waals surface area contributed by atoms with Crippen molar-refractivity contribution in [3.05, 3.63) is 29.8 Å². The first kappa shape index (κ1) is 22.6. The molecule has 0 aromatic heterocycles. The summed E-state index contributed by atoms with van der Waals surface area (Å²) in [5.41, 5.74) is -1.65. The lowest BCUT2D eigenvalue weighted by Crippen LogP contribution is -2.49. The molecule has 1 aliphatic heterocycles. The van der Waals surface area contributed by atoms with Crippen molar-refractivity contribution < 1.29 is 32.7 Å². The van der Waals surface area contributed by atoms with Crippen LogP contribution in [0.1, 0.15) is 46.0 Å². The van der Waals surface area contributed by atoms with Gasteiger partial charge in [-0.3, -0.25) is 19.3 Å². The summed E-state index contributed by atoms with van der Waals surface area (Å²) < 4.78 is 32.3. The van der Waals surface area contributed by atoms with Crippen molar-refractivity contribution in [3.63, 3.8) is 0 Å². The zero-order chi connectivity index (χ0) is 22.8. The van der Waals surface area contributed by atoms with E-state index in [0.29, 0.717) is 18.8 Å². The van der Waals surface area contributed by atoms with Crippen LogP contribution in [-0.2, 0) is 19.1 Å². The summed E-state index contributed by atoms with van der Waals surface area (Å²) in [6, 6.07) is 2.40. The third-order valence-electron chi connectivity index (χ3n) is 5.96. The maximum atomic E-state index is 13.7. The smallest absolute Gasteiger partial charge is 0.327 e. The summed E-state index contributed by atoms with van der Waals surface area (Å²) >= 11 is 0. The van der Waals surface area contributed by atoms with Crippen molar-refractivity contribution in [2.75, 3.05) is 11.9 Å². The van der Waals surface area contributed by atoms with Crippen molar-refractivity contribution in [3.8, 4) is 0 Å². The van der Waals surface area contributed by atoms with Crippen LogP contribution in [0, 0.1) is 17.6 Å². The number of anilines is 1. The van der Waals surface area contributed by atoms with Crippen molar-refractivity contribution >= 4 is 29.5 Å². The predicted molar refractivity (Wildman–Crippen MR) is 106 cm³/mol. The summed E-state index contributed by atoms with van der Waals surface area (Å²) in [6.07, 6.45) is 2.24. The van der Waals surface area contributed by atoms with Crippen LogP contribution >= 0.6 is 0 Å². The topological polar surface area (TPSA) is 105 Å². The third kappa shape index (κ3) is 4.67. The van der Waals surface area contributed by atoms with E-state index in [2.05, 4.69) is 12.2 Å². The van der Waals surface area contributed by atoms with E-state index in [1.54, 1.807) is 0 Å². The Hall–Kier alpha value is -3.04. The van der Waals surface area contributed by atoms with Gasteiger partial charge in [0.05, 0.1) is 0 Å². The molecule has 168 valence electrons. The summed E-state index contributed by atoms with van der Waals surface area (Å²) in [5, 5.41) is 4.73. The molecule has 1 atom stereocenters. The van der Waals surface area contributed by atoms with Crippen molar-refractivity contribution in [2.45, 2.75) is 57.6 Å². The van der Waals surface area contributed by atoms with Crippen LogP contribution in [-0.4, -0.2) is 46.9 Å². The Morgan fingerprint density at radius 1 is 1.26 bits per heavy atom. The number of halogens is 2. The van der Waals surface area contributed by atoms with Crippen LogP contribution in [0.25, 0.3) is 0 Å². The molecule has 1 aliphatic carbocycles. The predicted octanol–water partition coefficient (Wildman–Crippen LogP) is 2.73. The van der Waals surface area contributed by atoms with Gasteiger partial charge >= 0.3 is 12.0 Å². The molecule has 2 aliphatic rings. The number of carbonyl (C=O) groups excluding carboxylic acids is 4. The molecule has 1 unspecified atom stereocenters. The standard InChI is InChI=1S/C21H25F2N3O5/c1-3-13-7-9-21(10-8-13)19(29)26(20(30)25-21)11-16(27)31-12(2)18(28)24-17-14(22)5-4-6-15(17)23/h4-6,12-13H,3,7-11H2,1-2H3,(H,24,28)(H,25,30). The SMILES string of the molecule is CCC1CCC2(CC1)NC(=O)N(CC(=O)OC(C)C(=O)Nc1c(F)cccc1F)C2=O. The zero-order valence-electron chi connectivity index (χ0n) is 17.4. The lowest BCUT2D eigenvalue weighted by molar-refractivity contribution is -0.155. The number of hydrogen-bond donors (Lipinski definition) is 2. The second-order valence-electron chi connectivity index (χ2n) is 7.97. The Balaban J connectivity index is 1.57. The fourth-order valence-electron chi connectivity index (χ4n) is 4.00. The lowest BCUT2D eigenvalue weighted by atomic mass is 9.75. The van der Waals surface area contributed by atoms with E-state index in [-0.39, 0.29) is 0 Å². The molecular formula is C21H25F2N3O5. The quantitative estimate of drug-likeness (QED) is 0.526.